The topological polar surface area (TPSA) is 84.2 Å². The Balaban J connectivity index is 1.85. The minimum absolute atomic E-state index is 0.0242. The maximum atomic E-state index is 11.9. The predicted molar refractivity (Wildman–Crippen MR) is 80.2 cm³/mol. The van der Waals surface area contributed by atoms with Gasteiger partial charge in [0, 0.05) is 24.6 Å². The Kier molecular flexibility index (Phi) is 4.68. The van der Waals surface area contributed by atoms with Gasteiger partial charge in [-0.05, 0) is 12.0 Å². The molecule has 0 spiro atoms. The molecule has 106 valence electrons. The zero-order valence-electron chi connectivity index (χ0n) is 11.0. The molecule has 0 radical (unpaired) electrons. The molecule has 5 nitrogen and oxygen atoms in total. The number of piperidine rings is 1. The Bertz CT molecular complexity index is 518. The van der Waals surface area contributed by atoms with Crippen LogP contribution < -0.4 is 16.4 Å². The van der Waals surface area contributed by atoms with Crippen LogP contribution in [0.3, 0.4) is 0 Å². The van der Waals surface area contributed by atoms with Gasteiger partial charge in [-0.3, -0.25) is 9.59 Å². The number of nitrogens with two attached hydrogens (primary N) is 1. The summed E-state index contributed by atoms with van der Waals surface area (Å²) in [7, 11) is 0. The lowest BCUT2D eigenvalue weighted by Gasteiger charge is -2.23. The predicted octanol–water partition coefficient (Wildman–Crippen LogP) is 0.258. The number of amides is 2. The van der Waals surface area contributed by atoms with E-state index in [2.05, 4.69) is 10.6 Å². The van der Waals surface area contributed by atoms with Crippen molar-refractivity contribution in [1.29, 1.82) is 0 Å². The summed E-state index contributed by atoms with van der Waals surface area (Å²) in [6.45, 7) is 0.505. The highest BCUT2D eigenvalue weighted by Gasteiger charge is 2.19. The smallest absolute Gasteiger partial charge is 0.224 e. The standard InChI is InChI=1S/C14H17N3O2S/c15-14(20)10-3-1-9(2-4-10)7-13(19)17-11-5-6-12(18)16-8-11/h1-4,11H,5-8H2,(H2,15,20)(H,16,18)(H,17,19). The molecule has 0 saturated carbocycles. The van der Waals surface area contributed by atoms with E-state index < -0.39 is 0 Å². The van der Waals surface area contributed by atoms with E-state index in [-0.39, 0.29) is 17.9 Å². The number of nitrogens with one attached hydrogen (secondary N) is 2. The van der Waals surface area contributed by atoms with Crippen LogP contribution in [0.2, 0.25) is 0 Å². The van der Waals surface area contributed by atoms with E-state index in [1.165, 1.54) is 0 Å². The summed E-state index contributed by atoms with van der Waals surface area (Å²) in [5, 5.41) is 5.66. The third-order valence-corrected chi connectivity index (χ3v) is 3.47. The van der Waals surface area contributed by atoms with Crippen molar-refractivity contribution in [2.24, 2.45) is 5.73 Å². The molecule has 0 bridgehead atoms. The van der Waals surface area contributed by atoms with Crippen LogP contribution in [0.1, 0.15) is 24.0 Å². The van der Waals surface area contributed by atoms with Gasteiger partial charge in [-0.25, -0.2) is 0 Å². The molecule has 1 aromatic rings. The third kappa shape index (κ3) is 4.03. The second-order valence-corrected chi connectivity index (χ2v) is 5.28. The lowest BCUT2D eigenvalue weighted by Crippen LogP contribution is -2.48. The molecule has 1 aromatic carbocycles. The zero-order chi connectivity index (χ0) is 14.5. The third-order valence-electron chi connectivity index (χ3n) is 3.23. The summed E-state index contributed by atoms with van der Waals surface area (Å²) in [5.41, 5.74) is 7.21. The number of hydrogen-bond acceptors (Lipinski definition) is 3. The molecular formula is C14H17N3O2S. The highest BCUT2D eigenvalue weighted by atomic mass is 32.1. The maximum Gasteiger partial charge on any atom is 0.224 e. The first kappa shape index (κ1) is 14.5. The van der Waals surface area contributed by atoms with E-state index >= 15 is 0 Å². The van der Waals surface area contributed by atoms with Crippen LogP contribution in [0, 0.1) is 0 Å². The molecule has 4 N–H and O–H groups in total. The van der Waals surface area contributed by atoms with Crippen molar-refractivity contribution in [3.8, 4) is 0 Å². The van der Waals surface area contributed by atoms with Gasteiger partial charge < -0.3 is 16.4 Å². The van der Waals surface area contributed by atoms with E-state index in [4.69, 9.17) is 18.0 Å². The van der Waals surface area contributed by atoms with Crippen LogP contribution >= 0.6 is 12.2 Å². The fourth-order valence-electron chi connectivity index (χ4n) is 2.11. The SMILES string of the molecule is NC(=S)c1ccc(CC(=O)NC2CCC(=O)NC2)cc1. The summed E-state index contributed by atoms with van der Waals surface area (Å²) in [5.74, 6) is -0.00179. The molecule has 20 heavy (non-hydrogen) atoms. The van der Waals surface area contributed by atoms with E-state index in [1.807, 2.05) is 24.3 Å². The largest absolute Gasteiger partial charge is 0.389 e. The first-order chi connectivity index (χ1) is 9.54. The Morgan fingerprint density at radius 2 is 2.10 bits per heavy atom. The molecule has 1 fully saturated rings. The van der Waals surface area contributed by atoms with E-state index in [1.54, 1.807) is 0 Å². The van der Waals surface area contributed by atoms with Crippen molar-refractivity contribution >= 4 is 29.0 Å². The van der Waals surface area contributed by atoms with Crippen molar-refractivity contribution in [1.82, 2.24) is 10.6 Å². The summed E-state index contributed by atoms with van der Waals surface area (Å²) in [6.07, 6.45) is 1.47. The molecule has 1 atom stereocenters. The molecule has 6 heteroatoms. The molecular weight excluding hydrogens is 274 g/mol. The van der Waals surface area contributed by atoms with Crippen LogP contribution in [-0.2, 0) is 16.0 Å². The van der Waals surface area contributed by atoms with E-state index in [0.717, 1.165) is 11.1 Å². The fraction of sp³-hybridized carbons (Fsp3) is 0.357. The minimum Gasteiger partial charge on any atom is -0.389 e. The second-order valence-electron chi connectivity index (χ2n) is 4.85. The fourth-order valence-corrected chi connectivity index (χ4v) is 2.24. The van der Waals surface area contributed by atoms with E-state index in [0.29, 0.717) is 30.8 Å². The molecule has 1 aliphatic rings. The minimum atomic E-state index is -0.0470. The Morgan fingerprint density at radius 3 is 2.65 bits per heavy atom. The van der Waals surface area contributed by atoms with Crippen molar-refractivity contribution in [2.45, 2.75) is 25.3 Å². The highest BCUT2D eigenvalue weighted by molar-refractivity contribution is 7.80. The van der Waals surface area contributed by atoms with Crippen LogP contribution in [-0.4, -0.2) is 29.4 Å². The Labute approximate surface area is 122 Å². The second kappa shape index (κ2) is 6.47. The summed E-state index contributed by atoms with van der Waals surface area (Å²) in [4.78, 5) is 23.3. The zero-order valence-corrected chi connectivity index (χ0v) is 11.8. The van der Waals surface area contributed by atoms with Crippen molar-refractivity contribution in [2.75, 3.05) is 6.54 Å². The Hall–Kier alpha value is -1.95. The average molecular weight is 291 g/mol. The van der Waals surface area contributed by atoms with Gasteiger partial charge in [0.25, 0.3) is 0 Å². The van der Waals surface area contributed by atoms with Gasteiger partial charge in [-0.15, -0.1) is 0 Å². The normalized spacial score (nSPS) is 18.2. The molecule has 1 unspecified atom stereocenters. The highest BCUT2D eigenvalue weighted by Crippen LogP contribution is 2.07. The number of rotatable bonds is 4. The van der Waals surface area contributed by atoms with Crippen LogP contribution in [0.25, 0.3) is 0 Å². The van der Waals surface area contributed by atoms with Gasteiger partial charge in [0.15, 0.2) is 0 Å². The molecule has 0 aromatic heterocycles. The van der Waals surface area contributed by atoms with Crippen molar-refractivity contribution in [3.63, 3.8) is 0 Å². The monoisotopic (exact) mass is 291 g/mol. The quantitative estimate of drug-likeness (QED) is 0.695. The number of thiocarbonyl (C=S) groups is 1. The van der Waals surface area contributed by atoms with Gasteiger partial charge in [-0.1, -0.05) is 36.5 Å². The van der Waals surface area contributed by atoms with Crippen molar-refractivity contribution in [3.05, 3.63) is 35.4 Å². The maximum absolute atomic E-state index is 11.9. The number of hydrogen-bond donors (Lipinski definition) is 3. The summed E-state index contributed by atoms with van der Waals surface area (Å²) in [6, 6.07) is 7.33. The van der Waals surface area contributed by atoms with Gasteiger partial charge in [-0.2, -0.15) is 0 Å². The van der Waals surface area contributed by atoms with Gasteiger partial charge in [0.1, 0.15) is 4.99 Å². The summed E-state index contributed by atoms with van der Waals surface area (Å²) >= 11 is 4.87. The molecule has 2 rings (SSSR count). The lowest BCUT2D eigenvalue weighted by atomic mass is 10.1. The average Bonchev–Trinajstić information content (AvgIpc) is 2.42. The first-order valence-electron chi connectivity index (χ1n) is 6.49. The van der Waals surface area contributed by atoms with Crippen molar-refractivity contribution < 1.29 is 9.59 Å². The molecule has 0 aliphatic carbocycles. The van der Waals surface area contributed by atoms with Gasteiger partial charge in [0.05, 0.1) is 6.42 Å². The van der Waals surface area contributed by atoms with Crippen LogP contribution in [0.5, 0.6) is 0 Å². The number of benzene rings is 1. The van der Waals surface area contributed by atoms with Crippen LogP contribution in [0.4, 0.5) is 0 Å². The first-order valence-corrected chi connectivity index (χ1v) is 6.90. The number of carbonyl (C=O) groups excluding carboxylic acids is 2. The van der Waals surface area contributed by atoms with E-state index in [9.17, 15) is 9.59 Å². The van der Waals surface area contributed by atoms with Gasteiger partial charge >= 0.3 is 0 Å². The number of carbonyl (C=O) groups is 2. The molecule has 2 amide bonds. The molecule has 1 heterocycles. The van der Waals surface area contributed by atoms with Gasteiger partial charge in [0.2, 0.25) is 11.8 Å². The molecule has 1 aliphatic heterocycles. The lowest BCUT2D eigenvalue weighted by molar-refractivity contribution is -0.125. The molecule has 1 saturated heterocycles. The van der Waals surface area contributed by atoms with Crippen LogP contribution in [0.15, 0.2) is 24.3 Å². The summed E-state index contributed by atoms with van der Waals surface area (Å²) < 4.78 is 0. The Morgan fingerprint density at radius 1 is 1.40 bits per heavy atom.